The molecule has 11 rings (SSSR count). The molecule has 52 heavy (non-hydrogen) atoms. The van der Waals surface area contributed by atoms with Gasteiger partial charge in [0.2, 0.25) is 0 Å². The largest absolute Gasteiger partial charge is 0.309 e. The zero-order valence-electron chi connectivity index (χ0n) is 28.8. The van der Waals surface area contributed by atoms with Crippen molar-refractivity contribution in [3.63, 3.8) is 0 Å². The van der Waals surface area contributed by atoms with E-state index in [1.165, 1.54) is 94.6 Å². The van der Waals surface area contributed by atoms with Crippen LogP contribution in [0, 0.1) is 0 Å². The normalized spacial score (nSPS) is 15.4. The molecule has 0 bridgehead atoms. The molecule has 0 N–H and O–H groups in total. The number of nitrogens with zero attached hydrogens (tertiary/aromatic N) is 2. The summed E-state index contributed by atoms with van der Waals surface area (Å²) < 4.78 is 2.41. The topological polar surface area (TPSA) is 8.17 Å². The van der Waals surface area contributed by atoms with Crippen LogP contribution in [-0.2, 0) is 5.41 Å². The number of anilines is 3. The predicted octanol–water partition coefficient (Wildman–Crippen LogP) is 13.2. The van der Waals surface area contributed by atoms with Gasteiger partial charge < -0.3 is 9.47 Å². The molecule has 244 valence electrons. The Hall–Kier alpha value is -6.64. The van der Waals surface area contributed by atoms with Gasteiger partial charge in [0.05, 0.1) is 28.1 Å². The van der Waals surface area contributed by atoms with Gasteiger partial charge in [-0.2, -0.15) is 0 Å². The third-order valence-electron chi connectivity index (χ3n) is 11.6. The minimum absolute atomic E-state index is 0.335. The Morgan fingerprint density at radius 3 is 1.90 bits per heavy atom. The molecule has 9 aromatic rings. The fourth-order valence-electron chi connectivity index (χ4n) is 9.38. The molecule has 0 radical (unpaired) electrons. The Bertz CT molecular complexity index is 2860. The zero-order valence-corrected chi connectivity index (χ0v) is 28.8. The highest BCUT2D eigenvalue weighted by Crippen LogP contribution is 2.63. The molecule has 8 aromatic carbocycles. The molecule has 2 heteroatoms. The molecule has 0 saturated carbocycles. The first-order valence-corrected chi connectivity index (χ1v) is 18.1. The molecule has 0 amide bonds. The number of para-hydroxylation sites is 3. The number of rotatable bonds is 4. The van der Waals surface area contributed by atoms with E-state index in [0.717, 1.165) is 0 Å². The summed E-state index contributed by atoms with van der Waals surface area (Å²) in [4.78, 5) is 2.52. The third kappa shape index (κ3) is 3.89. The fourth-order valence-corrected chi connectivity index (χ4v) is 9.38. The monoisotopic (exact) mass is 662 g/mol. The molecule has 2 heterocycles. The maximum atomic E-state index is 2.52. The standard InChI is InChI=1S/C50H34N2/c1-50-41-25-11-8-21-38(41)39-24-15-29-47(49(39)50)52(43-26-12-9-20-36(43)33-16-4-2-5-17-33)45-31-30-34(32-42(45)50)37-23-14-28-46-48(37)40-22-10-13-27-44(40)51(46)35-18-6-3-7-19-35/h2-32H,1H3. The average molecular weight is 663 g/mol. The molecular formula is C50H34N2. The summed E-state index contributed by atoms with van der Waals surface area (Å²) in [5.74, 6) is 0. The number of benzene rings is 8. The lowest BCUT2D eigenvalue weighted by Crippen LogP contribution is -2.32. The molecule has 1 unspecified atom stereocenters. The maximum absolute atomic E-state index is 2.52. The van der Waals surface area contributed by atoms with Crippen LogP contribution in [0.3, 0.4) is 0 Å². The van der Waals surface area contributed by atoms with Crippen molar-refractivity contribution in [3.8, 4) is 39.1 Å². The van der Waals surface area contributed by atoms with Gasteiger partial charge in [-0.15, -0.1) is 0 Å². The molecule has 1 aliphatic carbocycles. The lowest BCUT2D eigenvalue weighted by atomic mass is 9.70. The average Bonchev–Trinajstić information content (AvgIpc) is 3.70. The van der Waals surface area contributed by atoms with Gasteiger partial charge in [-0.3, -0.25) is 0 Å². The fraction of sp³-hybridized carbons (Fsp3) is 0.0400. The number of hydrogen-bond donors (Lipinski definition) is 0. The summed E-state index contributed by atoms with van der Waals surface area (Å²) in [7, 11) is 0. The Balaban J connectivity index is 1.21. The van der Waals surface area contributed by atoms with Crippen LogP contribution in [0.2, 0.25) is 0 Å². The summed E-state index contributed by atoms with van der Waals surface area (Å²) in [5.41, 5.74) is 18.5. The van der Waals surface area contributed by atoms with Crippen LogP contribution >= 0.6 is 0 Å². The van der Waals surface area contributed by atoms with Crippen LogP contribution in [-0.4, -0.2) is 4.57 Å². The summed E-state index contributed by atoms with van der Waals surface area (Å²) >= 11 is 0. The van der Waals surface area contributed by atoms with Crippen molar-refractivity contribution in [2.75, 3.05) is 4.90 Å². The number of fused-ring (bicyclic) bond motifs is 8. The Kier molecular flexibility index (Phi) is 6.12. The van der Waals surface area contributed by atoms with Crippen LogP contribution in [0.15, 0.2) is 188 Å². The van der Waals surface area contributed by atoms with E-state index < -0.39 is 0 Å². The van der Waals surface area contributed by atoms with E-state index in [2.05, 4.69) is 204 Å². The van der Waals surface area contributed by atoms with Gasteiger partial charge in [0.25, 0.3) is 0 Å². The molecule has 1 aliphatic heterocycles. The molecule has 0 saturated heterocycles. The van der Waals surface area contributed by atoms with Crippen LogP contribution in [0.25, 0.3) is 60.9 Å². The van der Waals surface area contributed by atoms with Gasteiger partial charge >= 0.3 is 0 Å². The minimum atomic E-state index is -0.335. The molecule has 2 nitrogen and oxygen atoms in total. The van der Waals surface area contributed by atoms with Crippen molar-refractivity contribution in [2.24, 2.45) is 0 Å². The molecule has 0 spiro atoms. The Morgan fingerprint density at radius 1 is 0.404 bits per heavy atom. The lowest BCUT2D eigenvalue weighted by Gasteiger charge is -2.43. The summed E-state index contributed by atoms with van der Waals surface area (Å²) in [6, 6.07) is 69.1. The Morgan fingerprint density at radius 2 is 1.04 bits per heavy atom. The van der Waals surface area contributed by atoms with Crippen LogP contribution in [0.5, 0.6) is 0 Å². The second-order valence-electron chi connectivity index (χ2n) is 14.2. The predicted molar refractivity (Wildman–Crippen MR) is 217 cm³/mol. The van der Waals surface area contributed by atoms with E-state index in [-0.39, 0.29) is 5.41 Å². The number of hydrogen-bond acceptors (Lipinski definition) is 1. The summed E-state index contributed by atoms with van der Waals surface area (Å²) in [6.45, 7) is 2.45. The van der Waals surface area contributed by atoms with E-state index in [1.807, 2.05) is 0 Å². The van der Waals surface area contributed by atoms with Crippen molar-refractivity contribution < 1.29 is 0 Å². The molecule has 0 fully saturated rings. The van der Waals surface area contributed by atoms with Crippen LogP contribution in [0.4, 0.5) is 17.1 Å². The van der Waals surface area contributed by atoms with E-state index in [1.54, 1.807) is 0 Å². The van der Waals surface area contributed by atoms with E-state index >= 15 is 0 Å². The highest BCUT2D eigenvalue weighted by Gasteiger charge is 2.48. The Labute approximate surface area is 303 Å². The van der Waals surface area contributed by atoms with E-state index in [9.17, 15) is 0 Å². The van der Waals surface area contributed by atoms with Gasteiger partial charge in [0.15, 0.2) is 0 Å². The van der Waals surface area contributed by atoms with Gasteiger partial charge in [0, 0.05) is 27.4 Å². The van der Waals surface area contributed by atoms with Gasteiger partial charge in [-0.05, 0) is 100.0 Å². The third-order valence-corrected chi connectivity index (χ3v) is 11.6. The first-order chi connectivity index (χ1) is 25.7. The quantitative estimate of drug-likeness (QED) is 0.182. The summed E-state index contributed by atoms with van der Waals surface area (Å²) in [6.07, 6.45) is 0. The molecule has 1 atom stereocenters. The lowest BCUT2D eigenvalue weighted by molar-refractivity contribution is 0.702. The maximum Gasteiger partial charge on any atom is 0.0547 e. The highest BCUT2D eigenvalue weighted by atomic mass is 15.2. The van der Waals surface area contributed by atoms with Crippen molar-refractivity contribution in [1.29, 1.82) is 0 Å². The molecule has 2 aliphatic rings. The SMILES string of the molecule is CC12c3ccccc3-c3cccc(c31)N(c1ccccc1-c1ccccc1)c1ccc(-c3cccc4c3c3ccccc3n4-c3ccccc3)cc12. The smallest absolute Gasteiger partial charge is 0.0547 e. The molecule has 1 aromatic heterocycles. The van der Waals surface area contributed by atoms with Crippen molar-refractivity contribution >= 4 is 38.9 Å². The van der Waals surface area contributed by atoms with Crippen molar-refractivity contribution in [1.82, 2.24) is 4.57 Å². The van der Waals surface area contributed by atoms with Crippen molar-refractivity contribution in [2.45, 2.75) is 12.3 Å². The second-order valence-corrected chi connectivity index (χ2v) is 14.2. The summed E-state index contributed by atoms with van der Waals surface area (Å²) in [5, 5.41) is 2.54. The first kappa shape index (κ1) is 29.1. The van der Waals surface area contributed by atoms with E-state index in [4.69, 9.17) is 0 Å². The van der Waals surface area contributed by atoms with Crippen LogP contribution < -0.4 is 4.90 Å². The van der Waals surface area contributed by atoms with Crippen LogP contribution in [0.1, 0.15) is 23.6 Å². The first-order valence-electron chi connectivity index (χ1n) is 18.1. The highest BCUT2D eigenvalue weighted by molar-refractivity contribution is 6.16. The van der Waals surface area contributed by atoms with Crippen molar-refractivity contribution in [3.05, 3.63) is 205 Å². The van der Waals surface area contributed by atoms with Gasteiger partial charge in [0.1, 0.15) is 0 Å². The van der Waals surface area contributed by atoms with Gasteiger partial charge in [-0.25, -0.2) is 0 Å². The second kappa shape index (κ2) is 10.9. The van der Waals surface area contributed by atoms with Gasteiger partial charge in [-0.1, -0.05) is 140 Å². The molecular weight excluding hydrogens is 629 g/mol. The van der Waals surface area contributed by atoms with E-state index in [0.29, 0.717) is 0 Å². The minimum Gasteiger partial charge on any atom is -0.309 e. The number of aromatic nitrogens is 1. The zero-order chi connectivity index (χ0) is 34.4.